The second-order valence-electron chi connectivity index (χ2n) is 5.66. The van der Waals surface area contributed by atoms with E-state index in [1.165, 1.54) is 0 Å². The van der Waals surface area contributed by atoms with Gasteiger partial charge in [0.25, 0.3) is 5.56 Å². The molecule has 4 rings (SSSR count). The molecule has 0 radical (unpaired) electrons. The van der Waals surface area contributed by atoms with E-state index in [4.69, 9.17) is 23.2 Å². The van der Waals surface area contributed by atoms with E-state index in [2.05, 4.69) is 9.97 Å². The maximum Gasteiger partial charge on any atom is 0.258 e. The van der Waals surface area contributed by atoms with Gasteiger partial charge in [0.2, 0.25) is 0 Å². The van der Waals surface area contributed by atoms with E-state index in [1.54, 1.807) is 30.5 Å². The summed E-state index contributed by atoms with van der Waals surface area (Å²) in [5.41, 5.74) is 3.01. The number of hydrogen-bond donors (Lipinski definition) is 1. The third-order valence-electron chi connectivity index (χ3n) is 4.06. The molecule has 0 bridgehead atoms. The Bertz CT molecular complexity index is 1130. The molecule has 0 aliphatic carbocycles. The van der Waals surface area contributed by atoms with Gasteiger partial charge in [-0.3, -0.25) is 4.79 Å². The molecule has 2 aromatic carbocycles. The minimum absolute atomic E-state index is 0.179. The van der Waals surface area contributed by atoms with Gasteiger partial charge in [-0.05, 0) is 42.0 Å². The summed E-state index contributed by atoms with van der Waals surface area (Å²) >= 11 is 12.3. The maximum absolute atomic E-state index is 12.3. The van der Waals surface area contributed by atoms with Gasteiger partial charge in [-0.25, -0.2) is 4.98 Å². The molecule has 0 saturated carbocycles. The van der Waals surface area contributed by atoms with Crippen LogP contribution in [0, 0.1) is 0 Å². The van der Waals surface area contributed by atoms with E-state index in [1.807, 2.05) is 34.9 Å². The van der Waals surface area contributed by atoms with Crippen LogP contribution < -0.4 is 5.56 Å². The van der Waals surface area contributed by atoms with E-state index < -0.39 is 0 Å². The van der Waals surface area contributed by atoms with E-state index in [0.29, 0.717) is 28.0 Å². The Hall–Kier alpha value is -2.56. The SMILES string of the molecule is O=c1[nH]cccc1-c1nc2ccccc2n1Cc1ccc(Cl)cc1Cl. The maximum atomic E-state index is 12.3. The minimum atomic E-state index is -0.179. The van der Waals surface area contributed by atoms with Crippen LogP contribution in [0.3, 0.4) is 0 Å². The van der Waals surface area contributed by atoms with Gasteiger partial charge in [0, 0.05) is 16.2 Å². The number of benzene rings is 2. The van der Waals surface area contributed by atoms with Crippen molar-refractivity contribution in [3.05, 3.63) is 86.8 Å². The number of nitrogens with one attached hydrogen (secondary N) is 1. The second-order valence-corrected chi connectivity index (χ2v) is 6.50. The van der Waals surface area contributed by atoms with Gasteiger partial charge in [-0.15, -0.1) is 0 Å². The van der Waals surface area contributed by atoms with Crippen molar-refractivity contribution in [2.45, 2.75) is 6.54 Å². The number of para-hydroxylation sites is 2. The Morgan fingerprint density at radius 1 is 1.04 bits per heavy atom. The normalized spacial score (nSPS) is 11.1. The predicted molar refractivity (Wildman–Crippen MR) is 101 cm³/mol. The van der Waals surface area contributed by atoms with Crippen LogP contribution in [0.2, 0.25) is 10.0 Å². The molecule has 0 atom stereocenters. The fraction of sp³-hybridized carbons (Fsp3) is 0.0526. The average Bonchev–Trinajstić information content (AvgIpc) is 2.96. The van der Waals surface area contributed by atoms with Crippen molar-refractivity contribution in [3.8, 4) is 11.4 Å². The van der Waals surface area contributed by atoms with Gasteiger partial charge in [0.05, 0.1) is 23.1 Å². The molecule has 0 fully saturated rings. The Kier molecular flexibility index (Phi) is 4.07. The molecule has 25 heavy (non-hydrogen) atoms. The number of pyridine rings is 1. The molecule has 1 N–H and O–H groups in total. The number of hydrogen-bond acceptors (Lipinski definition) is 2. The number of halogens is 2. The highest BCUT2D eigenvalue weighted by molar-refractivity contribution is 6.35. The summed E-state index contributed by atoms with van der Waals surface area (Å²) in [5.74, 6) is 0.606. The molecule has 0 spiro atoms. The van der Waals surface area contributed by atoms with Gasteiger partial charge in [-0.2, -0.15) is 0 Å². The molecule has 4 aromatic rings. The lowest BCUT2D eigenvalue weighted by molar-refractivity contribution is 0.833. The smallest absolute Gasteiger partial charge is 0.258 e. The summed E-state index contributed by atoms with van der Waals surface area (Å²) in [7, 11) is 0. The topological polar surface area (TPSA) is 50.7 Å². The number of H-pyrrole nitrogens is 1. The van der Waals surface area contributed by atoms with Crippen LogP contribution in [-0.4, -0.2) is 14.5 Å². The van der Waals surface area contributed by atoms with Crippen LogP contribution in [0.1, 0.15) is 5.56 Å². The first-order chi connectivity index (χ1) is 12.1. The summed E-state index contributed by atoms with van der Waals surface area (Å²) in [5, 5.41) is 1.17. The van der Waals surface area contributed by atoms with E-state index in [9.17, 15) is 4.79 Å². The molecule has 0 aliphatic heterocycles. The summed E-state index contributed by atoms with van der Waals surface area (Å²) in [6.07, 6.45) is 1.61. The van der Waals surface area contributed by atoms with E-state index >= 15 is 0 Å². The zero-order chi connectivity index (χ0) is 17.4. The van der Waals surface area contributed by atoms with Crippen molar-refractivity contribution in [3.63, 3.8) is 0 Å². The summed E-state index contributed by atoms with van der Waals surface area (Å²) in [6, 6.07) is 16.7. The molecule has 0 saturated heterocycles. The van der Waals surface area contributed by atoms with Crippen molar-refractivity contribution < 1.29 is 0 Å². The number of aromatic nitrogens is 3. The van der Waals surface area contributed by atoms with Crippen LogP contribution in [0.5, 0.6) is 0 Å². The van der Waals surface area contributed by atoms with Crippen molar-refractivity contribution >= 4 is 34.2 Å². The summed E-state index contributed by atoms with van der Waals surface area (Å²) in [4.78, 5) is 19.6. The van der Waals surface area contributed by atoms with E-state index in [-0.39, 0.29) is 5.56 Å². The van der Waals surface area contributed by atoms with E-state index in [0.717, 1.165) is 16.6 Å². The molecule has 124 valence electrons. The monoisotopic (exact) mass is 369 g/mol. The minimum Gasteiger partial charge on any atom is -0.328 e. The lowest BCUT2D eigenvalue weighted by atomic mass is 10.2. The number of fused-ring (bicyclic) bond motifs is 1. The third kappa shape index (κ3) is 2.95. The third-order valence-corrected chi connectivity index (χ3v) is 4.64. The first-order valence-corrected chi connectivity index (χ1v) is 8.46. The van der Waals surface area contributed by atoms with Crippen LogP contribution in [0.15, 0.2) is 65.6 Å². The summed E-state index contributed by atoms with van der Waals surface area (Å²) < 4.78 is 2.00. The van der Waals surface area contributed by atoms with Crippen LogP contribution >= 0.6 is 23.2 Å². The Morgan fingerprint density at radius 2 is 1.88 bits per heavy atom. The highest BCUT2D eigenvalue weighted by atomic mass is 35.5. The standard InChI is InChI=1S/C19H13Cl2N3O/c20-13-8-7-12(15(21)10-13)11-24-17-6-2-1-5-16(17)23-18(24)14-4-3-9-22-19(14)25/h1-10H,11H2,(H,22,25). The number of rotatable bonds is 3. The second kappa shape index (κ2) is 6.39. The molecule has 4 nitrogen and oxygen atoms in total. The molecule has 0 unspecified atom stereocenters. The highest BCUT2D eigenvalue weighted by Gasteiger charge is 2.16. The van der Waals surface area contributed by atoms with Gasteiger partial charge in [-0.1, -0.05) is 41.4 Å². The number of nitrogens with zero attached hydrogens (tertiary/aromatic N) is 2. The Balaban J connectivity index is 1.94. The molecule has 2 aromatic heterocycles. The average molecular weight is 370 g/mol. The summed E-state index contributed by atoms with van der Waals surface area (Å²) in [6.45, 7) is 0.486. The van der Waals surface area contributed by atoms with Crippen LogP contribution in [0.4, 0.5) is 0 Å². The first kappa shape index (κ1) is 15.9. The van der Waals surface area contributed by atoms with Crippen molar-refractivity contribution in [2.24, 2.45) is 0 Å². The number of aromatic amines is 1. The fourth-order valence-electron chi connectivity index (χ4n) is 2.86. The Morgan fingerprint density at radius 3 is 2.68 bits per heavy atom. The molecule has 0 amide bonds. The molecule has 2 heterocycles. The van der Waals surface area contributed by atoms with Crippen LogP contribution in [-0.2, 0) is 6.54 Å². The van der Waals surface area contributed by atoms with Gasteiger partial charge >= 0.3 is 0 Å². The van der Waals surface area contributed by atoms with Crippen molar-refractivity contribution in [1.82, 2.24) is 14.5 Å². The Labute approximate surface area is 153 Å². The van der Waals surface area contributed by atoms with Gasteiger partial charge in [0.1, 0.15) is 5.82 Å². The van der Waals surface area contributed by atoms with Crippen molar-refractivity contribution in [1.29, 1.82) is 0 Å². The van der Waals surface area contributed by atoms with Crippen molar-refractivity contribution in [2.75, 3.05) is 0 Å². The zero-order valence-electron chi connectivity index (χ0n) is 13.0. The molecule has 6 heteroatoms. The van der Waals surface area contributed by atoms with Gasteiger partial charge in [0.15, 0.2) is 0 Å². The van der Waals surface area contributed by atoms with Gasteiger partial charge < -0.3 is 9.55 Å². The molecule has 0 aliphatic rings. The largest absolute Gasteiger partial charge is 0.328 e. The van der Waals surface area contributed by atoms with Crippen LogP contribution in [0.25, 0.3) is 22.4 Å². The highest BCUT2D eigenvalue weighted by Crippen LogP contribution is 2.27. The lowest BCUT2D eigenvalue weighted by Crippen LogP contribution is -2.12. The predicted octanol–water partition coefficient (Wildman–Crippen LogP) is 4.75. The fourth-order valence-corrected chi connectivity index (χ4v) is 3.33. The molecular weight excluding hydrogens is 357 g/mol. The quantitative estimate of drug-likeness (QED) is 0.566. The number of imidazole rings is 1. The molecular formula is C19H13Cl2N3O. The lowest BCUT2D eigenvalue weighted by Gasteiger charge is -2.11. The first-order valence-electron chi connectivity index (χ1n) is 7.71. The zero-order valence-corrected chi connectivity index (χ0v) is 14.6.